The zero-order chi connectivity index (χ0) is 25.8. The van der Waals surface area contributed by atoms with E-state index in [1.807, 2.05) is 44.2 Å². The largest absolute Gasteiger partial charge is 0.497 e. The van der Waals surface area contributed by atoms with Crippen molar-refractivity contribution in [3.63, 3.8) is 0 Å². The Morgan fingerprint density at radius 2 is 1.66 bits per heavy atom. The van der Waals surface area contributed by atoms with Crippen molar-refractivity contribution in [3.05, 3.63) is 60.2 Å². The summed E-state index contributed by atoms with van der Waals surface area (Å²) in [5.74, 6) is 0.289. The van der Waals surface area contributed by atoms with Gasteiger partial charge in [-0.3, -0.25) is 13.9 Å². The van der Waals surface area contributed by atoms with Gasteiger partial charge in [0.1, 0.15) is 11.8 Å². The maximum atomic E-state index is 13.3. The van der Waals surface area contributed by atoms with Gasteiger partial charge in [-0.05, 0) is 56.0 Å². The van der Waals surface area contributed by atoms with E-state index < -0.39 is 16.1 Å². The Morgan fingerprint density at radius 3 is 2.20 bits per heavy atom. The number of amides is 2. The normalized spacial score (nSPS) is 12.0. The van der Waals surface area contributed by atoms with Crippen molar-refractivity contribution in [1.29, 1.82) is 0 Å². The van der Waals surface area contributed by atoms with Crippen molar-refractivity contribution in [2.75, 3.05) is 37.3 Å². The van der Waals surface area contributed by atoms with Gasteiger partial charge in [-0.25, -0.2) is 8.42 Å². The molecule has 1 atom stereocenters. The maximum absolute atomic E-state index is 13.3. The summed E-state index contributed by atoms with van der Waals surface area (Å²) in [6.07, 6.45) is 2.73. The molecule has 0 aliphatic carbocycles. The van der Waals surface area contributed by atoms with E-state index in [1.54, 1.807) is 36.3 Å². The standard InChI is InChI=1S/C26H37N3O5S/c1-5-24(26(31)27-6-2)28(20-18-21-11-8-7-9-12-21)25(30)13-10-19-29(35(4,32)33)22-14-16-23(34-3)17-15-22/h7-9,11-12,14-17,24H,5-6,10,13,18-20H2,1-4H3,(H,27,31)/t24-/m0/s1. The first-order valence-electron chi connectivity index (χ1n) is 11.9. The molecule has 2 aromatic rings. The lowest BCUT2D eigenvalue weighted by Crippen LogP contribution is -2.50. The minimum absolute atomic E-state index is 0.132. The summed E-state index contributed by atoms with van der Waals surface area (Å²) in [6, 6.07) is 16.0. The number of nitrogens with zero attached hydrogens (tertiary/aromatic N) is 2. The second-order valence-electron chi connectivity index (χ2n) is 8.28. The molecule has 0 heterocycles. The molecule has 0 bridgehead atoms. The molecule has 8 nitrogen and oxygen atoms in total. The predicted octanol–water partition coefficient (Wildman–Crippen LogP) is 3.23. The SMILES string of the molecule is CCNC(=O)[C@H](CC)N(CCc1ccccc1)C(=O)CCCN(c1ccc(OC)cc1)S(C)(=O)=O. The second kappa shape index (κ2) is 13.7. The van der Waals surface area contributed by atoms with E-state index in [9.17, 15) is 18.0 Å². The monoisotopic (exact) mass is 503 g/mol. The number of carbonyl (C=O) groups is 2. The molecule has 0 saturated heterocycles. The third-order valence-electron chi connectivity index (χ3n) is 5.73. The third-order valence-corrected chi connectivity index (χ3v) is 6.93. The third kappa shape index (κ3) is 8.58. The van der Waals surface area contributed by atoms with Crippen LogP contribution in [0.4, 0.5) is 5.69 Å². The van der Waals surface area contributed by atoms with Gasteiger partial charge in [-0.2, -0.15) is 0 Å². The molecule has 2 amide bonds. The molecular formula is C26H37N3O5S. The predicted molar refractivity (Wildman–Crippen MR) is 139 cm³/mol. The fourth-order valence-electron chi connectivity index (χ4n) is 3.94. The molecule has 9 heteroatoms. The first-order valence-corrected chi connectivity index (χ1v) is 13.8. The molecule has 0 aromatic heterocycles. The van der Waals surface area contributed by atoms with Crippen molar-refractivity contribution in [2.24, 2.45) is 0 Å². The zero-order valence-corrected chi connectivity index (χ0v) is 21.9. The van der Waals surface area contributed by atoms with Crippen LogP contribution in [0.1, 0.15) is 38.7 Å². The molecule has 0 saturated carbocycles. The molecule has 2 rings (SSSR count). The van der Waals surface area contributed by atoms with Crippen LogP contribution in [0.2, 0.25) is 0 Å². The number of likely N-dealkylation sites (N-methyl/N-ethyl adjacent to an activating group) is 1. The second-order valence-corrected chi connectivity index (χ2v) is 10.2. The maximum Gasteiger partial charge on any atom is 0.242 e. The van der Waals surface area contributed by atoms with Crippen molar-refractivity contribution < 1.29 is 22.7 Å². The number of ether oxygens (including phenoxy) is 1. The number of methoxy groups -OCH3 is 1. The van der Waals surface area contributed by atoms with Gasteiger partial charge in [0, 0.05) is 26.1 Å². The van der Waals surface area contributed by atoms with Crippen LogP contribution in [0.25, 0.3) is 0 Å². The quantitative estimate of drug-likeness (QED) is 0.427. The van der Waals surface area contributed by atoms with E-state index in [4.69, 9.17) is 4.74 Å². The number of hydrogen-bond donors (Lipinski definition) is 1. The molecule has 0 unspecified atom stereocenters. The first kappa shape index (κ1) is 28.2. The molecule has 35 heavy (non-hydrogen) atoms. The van der Waals surface area contributed by atoms with Gasteiger partial charge >= 0.3 is 0 Å². The highest BCUT2D eigenvalue weighted by Gasteiger charge is 2.28. The van der Waals surface area contributed by atoms with Crippen LogP contribution < -0.4 is 14.4 Å². The Bertz CT molecular complexity index is 1040. The van der Waals surface area contributed by atoms with E-state index >= 15 is 0 Å². The smallest absolute Gasteiger partial charge is 0.242 e. The molecular weight excluding hydrogens is 466 g/mol. The van der Waals surface area contributed by atoms with E-state index in [0.717, 1.165) is 11.8 Å². The van der Waals surface area contributed by atoms with Gasteiger partial charge in [-0.1, -0.05) is 37.3 Å². The summed E-state index contributed by atoms with van der Waals surface area (Å²) < 4.78 is 31.3. The number of hydrogen-bond acceptors (Lipinski definition) is 5. The average Bonchev–Trinajstić information content (AvgIpc) is 2.84. The average molecular weight is 504 g/mol. The van der Waals surface area contributed by atoms with E-state index in [0.29, 0.717) is 43.8 Å². The van der Waals surface area contributed by atoms with Gasteiger partial charge in [0.15, 0.2) is 0 Å². The van der Waals surface area contributed by atoms with Crippen LogP contribution in [-0.4, -0.2) is 64.2 Å². The highest BCUT2D eigenvalue weighted by atomic mass is 32.2. The van der Waals surface area contributed by atoms with E-state index in [2.05, 4.69) is 5.32 Å². The van der Waals surface area contributed by atoms with Crippen LogP contribution in [0.3, 0.4) is 0 Å². The van der Waals surface area contributed by atoms with Crippen LogP contribution in [0, 0.1) is 0 Å². The van der Waals surface area contributed by atoms with Gasteiger partial charge in [0.25, 0.3) is 0 Å². The van der Waals surface area contributed by atoms with E-state index in [1.165, 1.54) is 4.31 Å². The Labute approximate surface area is 209 Å². The van der Waals surface area contributed by atoms with Gasteiger partial charge in [0.05, 0.1) is 19.1 Å². The summed E-state index contributed by atoms with van der Waals surface area (Å²) >= 11 is 0. The number of rotatable bonds is 14. The Morgan fingerprint density at radius 1 is 1.00 bits per heavy atom. The molecule has 192 valence electrons. The number of anilines is 1. The number of benzene rings is 2. The van der Waals surface area contributed by atoms with Gasteiger partial charge in [-0.15, -0.1) is 0 Å². The minimum atomic E-state index is -3.54. The van der Waals surface area contributed by atoms with Crippen LogP contribution in [0.5, 0.6) is 5.75 Å². The fourth-order valence-corrected chi connectivity index (χ4v) is 4.91. The molecule has 0 aliphatic heterocycles. The lowest BCUT2D eigenvalue weighted by Gasteiger charge is -2.31. The Hall–Kier alpha value is -3.07. The number of nitrogens with one attached hydrogen (secondary N) is 1. The highest BCUT2D eigenvalue weighted by Crippen LogP contribution is 2.22. The van der Waals surface area contributed by atoms with Crippen LogP contribution >= 0.6 is 0 Å². The first-order chi connectivity index (χ1) is 16.7. The Kier molecular flexibility index (Phi) is 11.0. The Balaban J connectivity index is 2.13. The summed E-state index contributed by atoms with van der Waals surface area (Å²) in [6.45, 7) is 4.78. The molecule has 0 spiro atoms. The van der Waals surface area contributed by atoms with Crippen LogP contribution in [-0.2, 0) is 26.0 Å². The number of carbonyl (C=O) groups excluding carboxylic acids is 2. The van der Waals surface area contributed by atoms with Crippen molar-refractivity contribution in [2.45, 2.75) is 45.6 Å². The van der Waals surface area contributed by atoms with Crippen LogP contribution in [0.15, 0.2) is 54.6 Å². The molecule has 2 aromatic carbocycles. The van der Waals surface area contributed by atoms with Crippen molar-refractivity contribution in [1.82, 2.24) is 10.2 Å². The zero-order valence-electron chi connectivity index (χ0n) is 21.1. The minimum Gasteiger partial charge on any atom is -0.497 e. The van der Waals surface area contributed by atoms with Crippen molar-refractivity contribution in [3.8, 4) is 5.75 Å². The molecule has 0 aliphatic rings. The molecule has 0 fully saturated rings. The lowest BCUT2D eigenvalue weighted by atomic mass is 10.1. The lowest BCUT2D eigenvalue weighted by molar-refractivity contribution is -0.140. The molecule has 0 radical (unpaired) electrons. The number of sulfonamides is 1. The topological polar surface area (TPSA) is 96.0 Å². The van der Waals surface area contributed by atoms with E-state index in [-0.39, 0.29) is 24.8 Å². The summed E-state index contributed by atoms with van der Waals surface area (Å²) in [4.78, 5) is 27.6. The molecule has 1 N–H and O–H groups in total. The van der Waals surface area contributed by atoms with Crippen molar-refractivity contribution >= 4 is 27.5 Å². The van der Waals surface area contributed by atoms with Gasteiger partial charge < -0.3 is 15.0 Å². The summed E-state index contributed by atoms with van der Waals surface area (Å²) in [7, 11) is -2.00. The highest BCUT2D eigenvalue weighted by molar-refractivity contribution is 7.92. The fraction of sp³-hybridized carbons (Fsp3) is 0.462. The van der Waals surface area contributed by atoms with Gasteiger partial charge in [0.2, 0.25) is 21.8 Å². The summed E-state index contributed by atoms with van der Waals surface area (Å²) in [5, 5.41) is 2.82. The summed E-state index contributed by atoms with van der Waals surface area (Å²) in [5.41, 5.74) is 1.59.